The van der Waals surface area contributed by atoms with Crippen molar-refractivity contribution in [1.29, 1.82) is 0 Å². The second-order valence-corrected chi connectivity index (χ2v) is 6.75. The topological polar surface area (TPSA) is 60.5 Å². The van der Waals surface area contributed by atoms with Crippen molar-refractivity contribution in [3.8, 4) is 11.5 Å². The fourth-order valence-corrected chi connectivity index (χ4v) is 3.53. The van der Waals surface area contributed by atoms with E-state index in [2.05, 4.69) is 15.0 Å². The second-order valence-electron chi connectivity index (χ2n) is 6.75. The van der Waals surface area contributed by atoms with Crippen molar-refractivity contribution in [3.63, 3.8) is 0 Å². The number of carbonyl (C=O) groups excluding carboxylic acids is 1. The van der Waals surface area contributed by atoms with Gasteiger partial charge in [0.1, 0.15) is 22.7 Å². The summed E-state index contributed by atoms with van der Waals surface area (Å²) in [5.74, 6) is -0.165. The number of amides is 1. The molecule has 0 bridgehead atoms. The van der Waals surface area contributed by atoms with Crippen molar-refractivity contribution in [3.05, 3.63) is 89.7 Å². The summed E-state index contributed by atoms with van der Waals surface area (Å²) in [7, 11) is 0. The number of nitrogens with zero attached hydrogens (tertiary/aromatic N) is 1. The molecule has 0 saturated heterocycles. The maximum Gasteiger partial charge on any atom is 0.573 e. The molecule has 30 heavy (non-hydrogen) atoms. The third kappa shape index (κ3) is 3.94. The fourth-order valence-electron chi connectivity index (χ4n) is 3.53. The number of alkyl halides is 3. The molecule has 1 N–H and O–H groups in total. The molecule has 1 aliphatic heterocycles. The van der Waals surface area contributed by atoms with Crippen LogP contribution in [0.25, 0.3) is 0 Å². The van der Waals surface area contributed by atoms with E-state index in [0.717, 1.165) is 0 Å². The number of pyridine rings is 1. The van der Waals surface area contributed by atoms with Gasteiger partial charge in [0.15, 0.2) is 0 Å². The van der Waals surface area contributed by atoms with Gasteiger partial charge in [0, 0.05) is 18.2 Å². The van der Waals surface area contributed by atoms with Crippen LogP contribution in [0.15, 0.2) is 72.9 Å². The van der Waals surface area contributed by atoms with E-state index in [9.17, 15) is 18.0 Å². The summed E-state index contributed by atoms with van der Waals surface area (Å²) in [5.41, 5.74) is 0.450. The average Bonchev–Trinajstić information content (AvgIpc) is 2.74. The summed E-state index contributed by atoms with van der Waals surface area (Å²) in [6.07, 6.45) is -2.85. The molecule has 2 heterocycles. The lowest BCUT2D eigenvalue weighted by Gasteiger charge is -2.39. The highest BCUT2D eigenvalue weighted by Crippen LogP contribution is 2.41. The maximum atomic E-state index is 13.0. The Balaban J connectivity index is 1.77. The van der Waals surface area contributed by atoms with E-state index in [4.69, 9.17) is 4.74 Å². The third-order valence-corrected chi connectivity index (χ3v) is 4.85. The van der Waals surface area contributed by atoms with Crippen molar-refractivity contribution in [2.75, 3.05) is 6.61 Å². The SMILES string of the molecule is O=C(NC1(c2ccc(OC(F)(F)F)cc2)CCOc2cccnc21)c1ccccc1. The summed E-state index contributed by atoms with van der Waals surface area (Å²) in [4.78, 5) is 17.4. The largest absolute Gasteiger partial charge is 0.573 e. The highest BCUT2D eigenvalue weighted by molar-refractivity contribution is 5.95. The molecule has 0 saturated carbocycles. The normalized spacial score (nSPS) is 18.1. The summed E-state index contributed by atoms with van der Waals surface area (Å²) < 4.78 is 47.2. The highest BCUT2D eigenvalue weighted by atomic mass is 19.4. The Morgan fingerprint density at radius 2 is 1.77 bits per heavy atom. The number of aromatic nitrogens is 1. The van der Waals surface area contributed by atoms with Gasteiger partial charge in [0.25, 0.3) is 5.91 Å². The first-order valence-electron chi connectivity index (χ1n) is 9.19. The van der Waals surface area contributed by atoms with Gasteiger partial charge in [0.05, 0.1) is 6.61 Å². The van der Waals surface area contributed by atoms with E-state index in [1.807, 2.05) is 0 Å². The van der Waals surface area contributed by atoms with Crippen molar-refractivity contribution >= 4 is 5.91 Å². The maximum absolute atomic E-state index is 13.0. The van der Waals surface area contributed by atoms with E-state index in [0.29, 0.717) is 35.6 Å². The number of hydrogen-bond acceptors (Lipinski definition) is 4. The summed E-state index contributed by atoms with van der Waals surface area (Å²) in [6.45, 7) is 0.300. The van der Waals surface area contributed by atoms with Crippen LogP contribution in [0, 0.1) is 0 Å². The monoisotopic (exact) mass is 414 g/mol. The number of halogens is 3. The van der Waals surface area contributed by atoms with Crippen LogP contribution in [0.3, 0.4) is 0 Å². The van der Waals surface area contributed by atoms with Crippen LogP contribution >= 0.6 is 0 Å². The van der Waals surface area contributed by atoms with Crippen molar-refractivity contribution in [2.24, 2.45) is 0 Å². The number of carbonyl (C=O) groups is 1. The minimum atomic E-state index is -4.78. The minimum absolute atomic E-state index is 0.300. The lowest BCUT2D eigenvalue weighted by molar-refractivity contribution is -0.274. The van der Waals surface area contributed by atoms with Gasteiger partial charge in [-0.15, -0.1) is 13.2 Å². The van der Waals surface area contributed by atoms with Crippen LogP contribution in [-0.4, -0.2) is 23.9 Å². The van der Waals surface area contributed by atoms with Crippen LogP contribution in [0.5, 0.6) is 11.5 Å². The van der Waals surface area contributed by atoms with Gasteiger partial charge in [-0.25, -0.2) is 0 Å². The number of fused-ring (bicyclic) bond motifs is 1. The molecule has 1 unspecified atom stereocenters. The van der Waals surface area contributed by atoms with Crippen LogP contribution in [0.2, 0.25) is 0 Å². The molecule has 5 nitrogen and oxygen atoms in total. The van der Waals surface area contributed by atoms with E-state index in [1.54, 1.807) is 48.7 Å². The fraction of sp³-hybridized carbons (Fsp3) is 0.182. The molecule has 0 radical (unpaired) electrons. The van der Waals surface area contributed by atoms with Crippen molar-refractivity contribution < 1.29 is 27.4 Å². The van der Waals surface area contributed by atoms with Crippen molar-refractivity contribution in [2.45, 2.75) is 18.3 Å². The molecule has 1 aliphatic rings. The van der Waals surface area contributed by atoms with Crippen LogP contribution in [0.4, 0.5) is 13.2 Å². The van der Waals surface area contributed by atoms with E-state index in [-0.39, 0.29) is 11.7 Å². The van der Waals surface area contributed by atoms with E-state index >= 15 is 0 Å². The van der Waals surface area contributed by atoms with E-state index in [1.165, 1.54) is 24.3 Å². The number of benzene rings is 2. The lowest BCUT2D eigenvalue weighted by Crippen LogP contribution is -2.50. The number of ether oxygens (including phenoxy) is 2. The predicted octanol–water partition coefficient (Wildman–Crippen LogP) is 4.44. The Morgan fingerprint density at radius 3 is 2.47 bits per heavy atom. The molecule has 154 valence electrons. The molecule has 1 amide bonds. The van der Waals surface area contributed by atoms with Gasteiger partial charge in [-0.3, -0.25) is 9.78 Å². The first kappa shape index (κ1) is 19.8. The Labute approximate surface area is 170 Å². The van der Waals surface area contributed by atoms with Gasteiger partial charge in [0.2, 0.25) is 0 Å². The predicted molar refractivity (Wildman–Crippen MR) is 102 cm³/mol. The van der Waals surface area contributed by atoms with Crippen LogP contribution in [0.1, 0.15) is 28.0 Å². The summed E-state index contributed by atoms with van der Waals surface area (Å²) >= 11 is 0. The third-order valence-electron chi connectivity index (χ3n) is 4.85. The Morgan fingerprint density at radius 1 is 1.03 bits per heavy atom. The van der Waals surface area contributed by atoms with Crippen LogP contribution in [-0.2, 0) is 5.54 Å². The molecule has 0 fully saturated rings. The molecule has 1 aromatic heterocycles. The first-order valence-corrected chi connectivity index (χ1v) is 9.19. The molecular weight excluding hydrogens is 397 g/mol. The molecular formula is C22H17F3N2O3. The highest BCUT2D eigenvalue weighted by Gasteiger charge is 2.42. The smallest absolute Gasteiger partial charge is 0.491 e. The van der Waals surface area contributed by atoms with Gasteiger partial charge < -0.3 is 14.8 Å². The van der Waals surface area contributed by atoms with E-state index < -0.39 is 11.9 Å². The van der Waals surface area contributed by atoms with Gasteiger partial charge in [-0.2, -0.15) is 0 Å². The van der Waals surface area contributed by atoms with Gasteiger partial charge >= 0.3 is 6.36 Å². The quantitative estimate of drug-likeness (QED) is 0.686. The summed E-state index contributed by atoms with van der Waals surface area (Å²) in [6, 6.07) is 17.6. The minimum Gasteiger partial charge on any atom is -0.491 e. The Kier molecular flexibility index (Phi) is 5.07. The molecule has 1 atom stereocenters. The first-order chi connectivity index (χ1) is 14.4. The number of hydrogen-bond donors (Lipinski definition) is 1. The molecule has 4 rings (SSSR count). The lowest BCUT2D eigenvalue weighted by atomic mass is 9.81. The zero-order valence-corrected chi connectivity index (χ0v) is 15.6. The Bertz CT molecular complexity index is 1040. The Hall–Kier alpha value is -3.55. The van der Waals surface area contributed by atoms with Gasteiger partial charge in [-0.1, -0.05) is 30.3 Å². The molecule has 3 aromatic rings. The standard InChI is InChI=1S/C22H17F3N2O3/c23-22(24,25)30-17-10-8-16(9-11-17)21(27-20(28)15-5-2-1-3-6-15)12-14-29-18-7-4-13-26-19(18)21/h1-11,13H,12,14H2,(H,27,28). The number of rotatable bonds is 4. The zero-order chi connectivity index (χ0) is 21.2. The second kappa shape index (κ2) is 7.70. The molecule has 8 heteroatoms. The van der Waals surface area contributed by atoms with Crippen LogP contribution < -0.4 is 14.8 Å². The molecule has 0 aliphatic carbocycles. The number of nitrogens with one attached hydrogen (secondary N) is 1. The van der Waals surface area contributed by atoms with Gasteiger partial charge in [-0.05, 0) is 42.0 Å². The average molecular weight is 414 g/mol. The molecule has 2 aromatic carbocycles. The zero-order valence-electron chi connectivity index (χ0n) is 15.6. The van der Waals surface area contributed by atoms with Crippen molar-refractivity contribution in [1.82, 2.24) is 10.3 Å². The molecule has 0 spiro atoms. The summed E-state index contributed by atoms with van der Waals surface area (Å²) in [5, 5.41) is 3.04.